The number of urea groups is 1. The molecule has 4 heterocycles. The summed E-state index contributed by atoms with van der Waals surface area (Å²) >= 11 is 1.24. The third-order valence-electron chi connectivity index (χ3n) is 6.70. The summed E-state index contributed by atoms with van der Waals surface area (Å²) in [5, 5.41) is 9.52. The van der Waals surface area contributed by atoms with Crippen LogP contribution in [0.25, 0.3) is 21.5 Å². The maximum atomic E-state index is 13.5. The summed E-state index contributed by atoms with van der Waals surface area (Å²) in [5.41, 5.74) is 4.20. The monoisotopic (exact) mass is 536 g/mol. The van der Waals surface area contributed by atoms with Crippen LogP contribution in [0.2, 0.25) is 0 Å². The molecule has 0 spiro atoms. The molecule has 39 heavy (non-hydrogen) atoms. The molecule has 0 fully saturated rings. The number of benzene rings is 1. The zero-order valence-corrected chi connectivity index (χ0v) is 21.6. The van der Waals surface area contributed by atoms with Crippen molar-refractivity contribution in [2.45, 2.75) is 25.3 Å². The van der Waals surface area contributed by atoms with E-state index in [-0.39, 0.29) is 23.9 Å². The molecule has 1 aromatic carbocycles. The van der Waals surface area contributed by atoms with Gasteiger partial charge in [-0.2, -0.15) is 0 Å². The van der Waals surface area contributed by atoms with E-state index >= 15 is 0 Å². The minimum absolute atomic E-state index is 0.156. The second kappa shape index (κ2) is 10.1. The Hall–Kier alpha value is -4.83. The van der Waals surface area contributed by atoms with E-state index in [0.29, 0.717) is 38.6 Å². The van der Waals surface area contributed by atoms with E-state index in [2.05, 4.69) is 32.5 Å². The van der Waals surface area contributed by atoms with Crippen molar-refractivity contribution in [3.8, 4) is 11.3 Å². The van der Waals surface area contributed by atoms with Gasteiger partial charge in [0, 0.05) is 36.1 Å². The number of allylic oxidation sites excluding steroid dienone is 1. The zero-order chi connectivity index (χ0) is 26.9. The van der Waals surface area contributed by atoms with Crippen molar-refractivity contribution >= 4 is 56.5 Å². The Morgan fingerprint density at radius 1 is 1.13 bits per heavy atom. The first-order chi connectivity index (χ1) is 19.0. The topological polar surface area (TPSA) is 116 Å². The van der Waals surface area contributed by atoms with Gasteiger partial charge < -0.3 is 16.0 Å². The summed E-state index contributed by atoms with van der Waals surface area (Å²) < 4.78 is 0. The Kier molecular flexibility index (Phi) is 6.37. The molecule has 0 saturated heterocycles. The van der Waals surface area contributed by atoms with Gasteiger partial charge in [0.05, 0.1) is 28.1 Å². The molecule has 3 N–H and O–H groups in total. The number of rotatable bonds is 6. The average Bonchev–Trinajstić information content (AvgIpc) is 3.33. The minimum atomic E-state index is -0.373. The number of aromatic nitrogens is 2. The molecular formula is C29H24N6O3S. The summed E-state index contributed by atoms with van der Waals surface area (Å²) in [6, 6.07) is 14.6. The van der Waals surface area contributed by atoms with Gasteiger partial charge in [-0.3, -0.25) is 19.5 Å². The van der Waals surface area contributed by atoms with Crippen LogP contribution in [0.15, 0.2) is 85.4 Å². The molecule has 194 valence electrons. The lowest BCUT2D eigenvalue weighted by Gasteiger charge is -2.28. The molecule has 0 saturated carbocycles. The first-order valence-corrected chi connectivity index (χ1v) is 13.3. The number of carbonyl (C=O) groups is 3. The number of nitrogens with zero attached hydrogens (tertiary/aromatic N) is 3. The standard InChI is InChI=1S/C29H24N6O3S/c1-2-23(36)32-18-9-6-10-19(15-18)33-27(37)26-25-24-22(12-14-31-28(24)39-26)35(29(38)34-25)20-11-13-30-21(16-20)17-7-4-3-5-8-17/h2-5,7-9,11-14,16,19H,1,6,10,15H2,(H,32,36)(H,33,37)(H,34,38)/t19-/m0/s1. The molecular weight excluding hydrogens is 512 g/mol. The van der Waals surface area contributed by atoms with Crippen molar-refractivity contribution in [3.05, 3.63) is 90.2 Å². The van der Waals surface area contributed by atoms with Crippen molar-refractivity contribution in [2.24, 2.45) is 0 Å². The van der Waals surface area contributed by atoms with E-state index in [4.69, 9.17) is 0 Å². The maximum Gasteiger partial charge on any atom is 0.331 e. The van der Waals surface area contributed by atoms with Gasteiger partial charge in [0.1, 0.15) is 9.71 Å². The number of hydrogen-bond acceptors (Lipinski definition) is 6. The molecule has 2 aliphatic rings. The third kappa shape index (κ3) is 4.66. The molecule has 0 unspecified atom stereocenters. The van der Waals surface area contributed by atoms with Gasteiger partial charge in [-0.25, -0.2) is 9.78 Å². The second-order valence-electron chi connectivity index (χ2n) is 9.22. The van der Waals surface area contributed by atoms with E-state index in [1.165, 1.54) is 17.4 Å². The third-order valence-corrected chi connectivity index (χ3v) is 7.80. The van der Waals surface area contributed by atoms with Crippen molar-refractivity contribution < 1.29 is 14.4 Å². The molecule has 0 bridgehead atoms. The van der Waals surface area contributed by atoms with Crippen molar-refractivity contribution in [3.63, 3.8) is 0 Å². The van der Waals surface area contributed by atoms with Crippen LogP contribution in [0.4, 0.5) is 21.9 Å². The lowest BCUT2D eigenvalue weighted by molar-refractivity contribution is -0.115. The van der Waals surface area contributed by atoms with Crippen LogP contribution in [0.3, 0.4) is 0 Å². The largest absolute Gasteiger partial charge is 0.348 e. The SMILES string of the molecule is C=CC(=O)NC1=CCC[C@H](NC(=O)c2sc3nccc4c3c2NC(=O)N4c2ccnc(-c3ccccc3)c2)C1. The Bertz CT molecular complexity index is 1660. The Labute approximate surface area is 228 Å². The molecule has 6 rings (SSSR count). The van der Waals surface area contributed by atoms with Crippen molar-refractivity contribution in [2.75, 3.05) is 10.2 Å². The number of nitrogens with one attached hydrogen (secondary N) is 3. The van der Waals surface area contributed by atoms with Crippen LogP contribution in [0, 0.1) is 0 Å². The predicted octanol–water partition coefficient (Wildman–Crippen LogP) is 5.51. The summed E-state index contributed by atoms with van der Waals surface area (Å²) in [5.74, 6) is -0.567. The van der Waals surface area contributed by atoms with Crippen LogP contribution in [-0.4, -0.2) is 33.9 Å². The number of anilines is 3. The van der Waals surface area contributed by atoms with Crippen molar-refractivity contribution in [1.82, 2.24) is 20.6 Å². The number of thiophene rings is 1. The molecule has 0 radical (unpaired) electrons. The predicted molar refractivity (Wildman–Crippen MR) is 152 cm³/mol. The van der Waals surface area contributed by atoms with E-state index in [1.807, 2.05) is 42.5 Å². The highest BCUT2D eigenvalue weighted by Crippen LogP contribution is 2.46. The summed E-state index contributed by atoms with van der Waals surface area (Å²) in [6.07, 6.45) is 8.47. The summed E-state index contributed by atoms with van der Waals surface area (Å²) in [7, 11) is 0. The minimum Gasteiger partial charge on any atom is -0.348 e. The van der Waals surface area contributed by atoms with E-state index < -0.39 is 0 Å². The Balaban J connectivity index is 1.31. The smallest absolute Gasteiger partial charge is 0.331 e. The number of carbonyl (C=O) groups excluding carboxylic acids is 3. The maximum absolute atomic E-state index is 13.5. The van der Waals surface area contributed by atoms with E-state index in [0.717, 1.165) is 29.8 Å². The molecule has 1 aliphatic carbocycles. The molecule has 1 atom stereocenters. The van der Waals surface area contributed by atoms with Crippen LogP contribution in [0.5, 0.6) is 0 Å². The quantitative estimate of drug-likeness (QED) is 0.281. The second-order valence-corrected chi connectivity index (χ2v) is 10.2. The fourth-order valence-electron chi connectivity index (χ4n) is 4.92. The van der Waals surface area contributed by atoms with E-state index in [9.17, 15) is 14.4 Å². The number of pyridine rings is 2. The highest BCUT2D eigenvalue weighted by atomic mass is 32.1. The van der Waals surface area contributed by atoms with Gasteiger partial charge in [-0.05, 0) is 37.1 Å². The molecule has 4 aromatic rings. The summed E-state index contributed by atoms with van der Waals surface area (Å²) in [4.78, 5) is 50.2. The van der Waals surface area contributed by atoms with Crippen molar-refractivity contribution in [1.29, 1.82) is 0 Å². The van der Waals surface area contributed by atoms with Crippen LogP contribution in [-0.2, 0) is 4.79 Å². The average molecular weight is 537 g/mol. The summed E-state index contributed by atoms with van der Waals surface area (Å²) in [6.45, 7) is 3.48. The fourth-order valence-corrected chi connectivity index (χ4v) is 5.94. The normalized spacial score (nSPS) is 16.3. The Morgan fingerprint density at radius 3 is 2.77 bits per heavy atom. The van der Waals surface area contributed by atoms with Gasteiger partial charge in [0.25, 0.3) is 5.91 Å². The Morgan fingerprint density at radius 2 is 1.95 bits per heavy atom. The van der Waals surface area contributed by atoms with Gasteiger partial charge >= 0.3 is 6.03 Å². The van der Waals surface area contributed by atoms with Gasteiger partial charge in [0.2, 0.25) is 5.91 Å². The number of hydrogen-bond donors (Lipinski definition) is 3. The van der Waals surface area contributed by atoms with E-state index in [1.54, 1.807) is 29.4 Å². The lowest BCUT2D eigenvalue weighted by atomic mass is 9.98. The molecule has 3 aromatic heterocycles. The van der Waals surface area contributed by atoms with Crippen LogP contribution >= 0.6 is 11.3 Å². The van der Waals surface area contributed by atoms with Gasteiger partial charge in [0.15, 0.2) is 0 Å². The van der Waals surface area contributed by atoms with Gasteiger partial charge in [-0.1, -0.05) is 43.0 Å². The zero-order valence-electron chi connectivity index (χ0n) is 20.8. The van der Waals surface area contributed by atoms with Crippen LogP contribution < -0.4 is 20.9 Å². The first kappa shape index (κ1) is 24.5. The highest BCUT2D eigenvalue weighted by Gasteiger charge is 2.33. The van der Waals surface area contributed by atoms with Crippen LogP contribution in [0.1, 0.15) is 28.9 Å². The number of amides is 4. The molecule has 4 amide bonds. The fraction of sp³-hybridized carbons (Fsp3) is 0.138. The molecule has 10 heteroatoms. The molecule has 1 aliphatic heterocycles. The molecule has 9 nitrogen and oxygen atoms in total. The lowest BCUT2D eigenvalue weighted by Crippen LogP contribution is -2.39. The highest BCUT2D eigenvalue weighted by molar-refractivity contribution is 7.21. The van der Waals surface area contributed by atoms with Gasteiger partial charge in [-0.15, -0.1) is 11.3 Å². The first-order valence-electron chi connectivity index (χ1n) is 12.5.